The summed E-state index contributed by atoms with van der Waals surface area (Å²) in [6.45, 7) is 1.88. The highest BCUT2D eigenvalue weighted by atomic mass is 19.4. The van der Waals surface area contributed by atoms with Gasteiger partial charge in [-0.05, 0) is 31.2 Å². The van der Waals surface area contributed by atoms with E-state index in [0.29, 0.717) is 22.5 Å². The Balaban J connectivity index is 1.76. The molecule has 146 valence electrons. The van der Waals surface area contributed by atoms with Gasteiger partial charge >= 0.3 is 6.18 Å². The predicted molar refractivity (Wildman–Crippen MR) is 97.7 cm³/mol. The van der Waals surface area contributed by atoms with Gasteiger partial charge in [0.05, 0.1) is 24.0 Å². The standard InChI is InChI=1S/C20H14F3N5O/c1-12-11-28-7-5-13(8-17(28)26-12)19-15(3-2-14(9-24)27-19)16-10-25-18(29-16)4-6-20(21,22)23/h2-3,5,7-8,10-11H,4,6H2,1H3. The van der Waals surface area contributed by atoms with Crippen molar-refractivity contribution in [3.63, 3.8) is 0 Å². The lowest BCUT2D eigenvalue weighted by molar-refractivity contribution is -0.134. The number of pyridine rings is 2. The Morgan fingerprint density at radius 3 is 2.79 bits per heavy atom. The number of hydrogen-bond acceptors (Lipinski definition) is 5. The normalized spacial score (nSPS) is 11.7. The maximum atomic E-state index is 12.5. The molecular formula is C20H14F3N5O. The molecule has 0 N–H and O–H groups in total. The smallest absolute Gasteiger partial charge is 0.389 e. The topological polar surface area (TPSA) is 80.0 Å². The molecule has 0 aliphatic carbocycles. The van der Waals surface area contributed by atoms with Crippen molar-refractivity contribution in [1.29, 1.82) is 5.26 Å². The second-order valence-electron chi connectivity index (χ2n) is 6.50. The molecule has 0 spiro atoms. The summed E-state index contributed by atoms with van der Waals surface area (Å²) in [7, 11) is 0. The van der Waals surface area contributed by atoms with Crippen LogP contribution in [0.1, 0.15) is 23.7 Å². The Morgan fingerprint density at radius 2 is 2.03 bits per heavy atom. The van der Waals surface area contributed by atoms with Crippen molar-refractivity contribution in [2.45, 2.75) is 25.9 Å². The van der Waals surface area contributed by atoms with Crippen LogP contribution in [0.2, 0.25) is 0 Å². The Labute approximate surface area is 163 Å². The van der Waals surface area contributed by atoms with Crippen molar-refractivity contribution >= 4 is 5.65 Å². The van der Waals surface area contributed by atoms with E-state index in [1.807, 2.05) is 41.9 Å². The molecule has 0 atom stereocenters. The van der Waals surface area contributed by atoms with Crippen molar-refractivity contribution in [1.82, 2.24) is 19.4 Å². The van der Waals surface area contributed by atoms with Crippen LogP contribution in [0, 0.1) is 18.3 Å². The molecule has 4 aromatic heterocycles. The lowest BCUT2D eigenvalue weighted by Crippen LogP contribution is -2.08. The highest BCUT2D eigenvalue weighted by Gasteiger charge is 2.27. The van der Waals surface area contributed by atoms with Crippen LogP contribution in [-0.2, 0) is 6.42 Å². The first-order valence-electron chi connectivity index (χ1n) is 8.71. The van der Waals surface area contributed by atoms with E-state index in [-0.39, 0.29) is 23.8 Å². The van der Waals surface area contributed by atoms with E-state index >= 15 is 0 Å². The molecule has 0 fully saturated rings. The minimum Gasteiger partial charge on any atom is -0.441 e. The molecule has 0 aliphatic rings. The molecule has 0 radical (unpaired) electrons. The van der Waals surface area contributed by atoms with Crippen LogP contribution >= 0.6 is 0 Å². The average Bonchev–Trinajstić information content (AvgIpc) is 3.30. The fourth-order valence-electron chi connectivity index (χ4n) is 3.00. The number of halogens is 3. The van der Waals surface area contributed by atoms with Crippen LogP contribution in [0.5, 0.6) is 0 Å². The average molecular weight is 397 g/mol. The number of oxazole rings is 1. The summed E-state index contributed by atoms with van der Waals surface area (Å²) in [5.74, 6) is 0.278. The first kappa shape index (κ1) is 18.7. The Kier molecular flexibility index (Phi) is 4.54. The molecule has 0 aliphatic heterocycles. The molecule has 29 heavy (non-hydrogen) atoms. The Hall–Kier alpha value is -3.67. The highest BCUT2D eigenvalue weighted by molar-refractivity contribution is 5.79. The van der Waals surface area contributed by atoms with E-state index in [9.17, 15) is 18.4 Å². The first-order valence-corrected chi connectivity index (χ1v) is 8.71. The lowest BCUT2D eigenvalue weighted by Gasteiger charge is -2.08. The zero-order valence-electron chi connectivity index (χ0n) is 15.2. The largest absolute Gasteiger partial charge is 0.441 e. The van der Waals surface area contributed by atoms with E-state index in [1.54, 1.807) is 6.07 Å². The first-order chi connectivity index (χ1) is 13.8. The zero-order chi connectivity index (χ0) is 20.6. The van der Waals surface area contributed by atoms with Gasteiger partial charge in [-0.1, -0.05) is 0 Å². The predicted octanol–water partition coefficient (Wildman–Crippen LogP) is 4.73. The number of rotatable bonds is 4. The fourth-order valence-corrected chi connectivity index (χ4v) is 3.00. The van der Waals surface area contributed by atoms with E-state index in [4.69, 9.17) is 4.42 Å². The molecule has 0 amide bonds. The van der Waals surface area contributed by atoms with Gasteiger partial charge in [-0.15, -0.1) is 0 Å². The van der Waals surface area contributed by atoms with Crippen molar-refractivity contribution in [3.05, 3.63) is 60.1 Å². The monoisotopic (exact) mass is 397 g/mol. The van der Waals surface area contributed by atoms with E-state index in [2.05, 4.69) is 15.0 Å². The second kappa shape index (κ2) is 7.05. The number of imidazole rings is 1. The summed E-state index contributed by atoms with van der Waals surface area (Å²) < 4.78 is 44.7. The van der Waals surface area contributed by atoms with Crippen molar-refractivity contribution in [3.8, 4) is 28.7 Å². The van der Waals surface area contributed by atoms with Gasteiger partial charge in [0.2, 0.25) is 0 Å². The van der Waals surface area contributed by atoms with Gasteiger partial charge < -0.3 is 8.82 Å². The maximum Gasteiger partial charge on any atom is 0.389 e. The number of nitriles is 1. The third kappa shape index (κ3) is 3.96. The van der Waals surface area contributed by atoms with Crippen molar-refractivity contribution in [2.75, 3.05) is 0 Å². The number of aromatic nitrogens is 4. The van der Waals surface area contributed by atoms with Gasteiger partial charge in [0, 0.05) is 29.9 Å². The van der Waals surface area contributed by atoms with Crippen LogP contribution in [0.3, 0.4) is 0 Å². The summed E-state index contributed by atoms with van der Waals surface area (Å²) in [5, 5.41) is 9.22. The molecule has 0 aromatic carbocycles. The molecule has 0 saturated heterocycles. The summed E-state index contributed by atoms with van der Waals surface area (Å²) in [4.78, 5) is 12.8. The lowest BCUT2D eigenvalue weighted by atomic mass is 10.0. The molecule has 9 heteroatoms. The number of hydrogen-bond donors (Lipinski definition) is 0. The number of fused-ring (bicyclic) bond motifs is 1. The number of alkyl halides is 3. The molecule has 0 bridgehead atoms. The van der Waals surface area contributed by atoms with Gasteiger partial charge in [0.15, 0.2) is 11.7 Å². The second-order valence-corrected chi connectivity index (χ2v) is 6.50. The van der Waals surface area contributed by atoms with Crippen molar-refractivity contribution < 1.29 is 17.6 Å². The summed E-state index contributed by atoms with van der Waals surface area (Å²) in [6.07, 6.45) is -0.569. The molecule has 4 aromatic rings. The van der Waals surface area contributed by atoms with Crippen molar-refractivity contribution in [2.24, 2.45) is 0 Å². The van der Waals surface area contributed by atoms with E-state index in [0.717, 1.165) is 5.69 Å². The third-order valence-corrected chi connectivity index (χ3v) is 4.31. The molecule has 6 nitrogen and oxygen atoms in total. The van der Waals surface area contributed by atoms with E-state index < -0.39 is 12.6 Å². The minimum atomic E-state index is -4.28. The van der Waals surface area contributed by atoms with Gasteiger partial charge in [0.1, 0.15) is 17.4 Å². The minimum absolute atomic E-state index is 0.00744. The number of nitrogens with zero attached hydrogens (tertiary/aromatic N) is 5. The van der Waals surface area contributed by atoms with Crippen LogP contribution in [0.4, 0.5) is 13.2 Å². The van der Waals surface area contributed by atoms with E-state index in [1.165, 1.54) is 12.3 Å². The Bertz CT molecular complexity index is 1230. The zero-order valence-corrected chi connectivity index (χ0v) is 15.2. The summed E-state index contributed by atoms with van der Waals surface area (Å²) in [6, 6.07) is 8.81. The Morgan fingerprint density at radius 1 is 1.21 bits per heavy atom. The quantitative estimate of drug-likeness (QED) is 0.498. The third-order valence-electron chi connectivity index (χ3n) is 4.31. The van der Waals surface area contributed by atoms with Crippen LogP contribution < -0.4 is 0 Å². The SMILES string of the molecule is Cc1cn2ccc(-c3nc(C#N)ccc3-c3cnc(CCC(F)(F)F)o3)cc2n1. The maximum absolute atomic E-state index is 12.5. The van der Waals surface area contributed by atoms with Gasteiger partial charge in [-0.2, -0.15) is 18.4 Å². The summed E-state index contributed by atoms with van der Waals surface area (Å²) >= 11 is 0. The fraction of sp³-hybridized carbons (Fsp3) is 0.200. The summed E-state index contributed by atoms with van der Waals surface area (Å²) in [5.41, 5.74) is 3.46. The van der Waals surface area contributed by atoms with Gasteiger partial charge in [-0.25, -0.2) is 15.0 Å². The van der Waals surface area contributed by atoms with Crippen LogP contribution in [0.15, 0.2) is 47.3 Å². The van der Waals surface area contributed by atoms with Gasteiger partial charge in [0.25, 0.3) is 0 Å². The molecule has 4 rings (SSSR count). The molecule has 4 heterocycles. The molecule has 0 saturated carbocycles. The van der Waals surface area contributed by atoms with Gasteiger partial charge in [-0.3, -0.25) is 0 Å². The van der Waals surface area contributed by atoms with Crippen LogP contribution in [0.25, 0.3) is 28.2 Å². The highest BCUT2D eigenvalue weighted by Crippen LogP contribution is 2.32. The number of aryl methyl sites for hydroxylation is 2. The molecule has 0 unspecified atom stereocenters. The molecular weight excluding hydrogens is 383 g/mol. The van der Waals surface area contributed by atoms with Crippen LogP contribution in [-0.4, -0.2) is 25.5 Å².